The molecule has 2 aromatic carbocycles. The number of ether oxygens (including phenoxy) is 1. The molecular weight excluding hydrogens is 378 g/mol. The first-order valence-corrected chi connectivity index (χ1v) is 10.7. The quantitative estimate of drug-likeness (QED) is 0.512. The number of fused-ring (bicyclic) bond motifs is 1. The number of hydrogen-bond acceptors (Lipinski definition) is 4. The van der Waals surface area contributed by atoms with Crippen molar-refractivity contribution in [1.82, 2.24) is 14.6 Å². The van der Waals surface area contributed by atoms with E-state index < -0.39 is 0 Å². The van der Waals surface area contributed by atoms with E-state index in [0.717, 1.165) is 27.5 Å². The van der Waals surface area contributed by atoms with Gasteiger partial charge in [-0.1, -0.05) is 31.2 Å². The van der Waals surface area contributed by atoms with Gasteiger partial charge in [-0.05, 0) is 55.5 Å². The van der Waals surface area contributed by atoms with Gasteiger partial charge in [0, 0.05) is 30.7 Å². The minimum atomic E-state index is -0.354. The molecule has 1 aromatic heterocycles. The molecule has 30 heavy (non-hydrogen) atoms. The lowest BCUT2D eigenvalue weighted by molar-refractivity contribution is -0.112. The highest BCUT2D eigenvalue weighted by atomic mass is 16.5. The molecule has 0 atom stereocenters. The van der Waals surface area contributed by atoms with Crippen LogP contribution in [-0.2, 0) is 16.7 Å². The lowest BCUT2D eigenvalue weighted by Crippen LogP contribution is -2.41. The highest BCUT2D eigenvalue weighted by molar-refractivity contribution is 5.93. The summed E-state index contributed by atoms with van der Waals surface area (Å²) in [5, 5.41) is 11.2. The van der Waals surface area contributed by atoms with E-state index in [4.69, 9.17) is 9.72 Å². The normalized spacial score (nSPS) is 18.5. The van der Waals surface area contributed by atoms with Crippen LogP contribution in [0.25, 0.3) is 11.0 Å². The molecule has 2 heterocycles. The fourth-order valence-electron chi connectivity index (χ4n) is 4.27. The molecule has 0 spiro atoms. The second kappa shape index (κ2) is 7.52. The molecule has 1 saturated heterocycles. The third-order valence-corrected chi connectivity index (χ3v) is 6.48. The van der Waals surface area contributed by atoms with Gasteiger partial charge in [-0.25, -0.2) is 10.0 Å². The lowest BCUT2D eigenvalue weighted by Gasteiger charge is -2.29. The Balaban J connectivity index is 1.37. The van der Waals surface area contributed by atoms with Crippen LogP contribution in [0.5, 0.6) is 0 Å². The Labute approximate surface area is 176 Å². The van der Waals surface area contributed by atoms with Gasteiger partial charge >= 0.3 is 0 Å². The van der Waals surface area contributed by atoms with Crippen LogP contribution in [0.4, 0.5) is 0 Å². The van der Waals surface area contributed by atoms with Gasteiger partial charge in [-0.2, -0.15) is 0 Å². The molecule has 0 unspecified atom stereocenters. The molecule has 156 valence electrons. The van der Waals surface area contributed by atoms with Crippen LogP contribution in [0.15, 0.2) is 48.5 Å². The van der Waals surface area contributed by atoms with E-state index >= 15 is 0 Å². The minimum Gasteiger partial charge on any atom is -0.381 e. The molecule has 2 fully saturated rings. The van der Waals surface area contributed by atoms with Crippen LogP contribution in [-0.4, -0.2) is 45.0 Å². The smallest absolute Gasteiger partial charge is 0.277 e. The van der Waals surface area contributed by atoms with E-state index in [1.807, 2.05) is 24.3 Å². The second-order valence-electron chi connectivity index (χ2n) is 8.76. The molecule has 0 radical (unpaired) electrons. The van der Waals surface area contributed by atoms with Crippen LogP contribution in [0, 0.1) is 0 Å². The van der Waals surface area contributed by atoms with Crippen LogP contribution < -0.4 is 0 Å². The van der Waals surface area contributed by atoms with Crippen molar-refractivity contribution in [3.63, 3.8) is 0 Å². The fraction of sp³-hybridized carbons (Fsp3) is 0.417. The van der Waals surface area contributed by atoms with Crippen molar-refractivity contribution in [3.8, 4) is 0 Å². The van der Waals surface area contributed by atoms with E-state index in [1.165, 1.54) is 12.8 Å². The highest BCUT2D eigenvalue weighted by Gasteiger charge is 2.43. The zero-order valence-electron chi connectivity index (χ0n) is 17.3. The number of aromatic nitrogens is 2. The van der Waals surface area contributed by atoms with Gasteiger partial charge < -0.3 is 9.30 Å². The van der Waals surface area contributed by atoms with Crippen LogP contribution in [0.2, 0.25) is 0 Å². The number of hydroxylamine groups is 2. The first-order chi connectivity index (χ1) is 14.5. The van der Waals surface area contributed by atoms with E-state index in [-0.39, 0.29) is 17.4 Å². The Bertz CT molecular complexity index is 1060. The van der Waals surface area contributed by atoms with Crippen molar-refractivity contribution >= 4 is 16.9 Å². The number of rotatable bonds is 5. The standard InChI is InChI=1S/C24H27N3O3/c1-24(12-13-24)23-25-20-4-2-3-5-21(20)26(23)16-17-6-8-18(9-7-17)22(28)27(29)19-10-14-30-15-11-19/h2-9,19,29H,10-16H2,1H3. The number of benzene rings is 2. The van der Waals surface area contributed by atoms with E-state index in [9.17, 15) is 10.0 Å². The van der Waals surface area contributed by atoms with Gasteiger partial charge in [0.05, 0.1) is 17.1 Å². The molecule has 1 aliphatic carbocycles. The lowest BCUT2D eigenvalue weighted by atomic mass is 10.1. The van der Waals surface area contributed by atoms with Gasteiger partial charge in [0.15, 0.2) is 0 Å². The Morgan fingerprint density at radius 2 is 1.87 bits per heavy atom. The largest absolute Gasteiger partial charge is 0.381 e. The Morgan fingerprint density at radius 1 is 1.17 bits per heavy atom. The Kier molecular flexibility index (Phi) is 4.83. The molecule has 6 heteroatoms. The van der Waals surface area contributed by atoms with Gasteiger partial charge in [0.25, 0.3) is 5.91 Å². The first-order valence-electron chi connectivity index (χ1n) is 10.7. The van der Waals surface area contributed by atoms with Crippen LogP contribution >= 0.6 is 0 Å². The average Bonchev–Trinajstić information content (AvgIpc) is 3.43. The molecule has 0 bridgehead atoms. The predicted octanol–water partition coefficient (Wildman–Crippen LogP) is 4.15. The summed E-state index contributed by atoms with van der Waals surface area (Å²) in [6.45, 7) is 4.14. The molecule has 5 rings (SSSR count). The number of hydrogen-bond donors (Lipinski definition) is 1. The number of carbonyl (C=O) groups excluding carboxylic acids is 1. The number of amides is 1. The monoisotopic (exact) mass is 405 g/mol. The SMILES string of the molecule is CC1(c2nc3ccccc3n2Cc2ccc(C(=O)N(O)C3CCOCC3)cc2)CC1. The van der Waals surface area contributed by atoms with Crippen molar-refractivity contribution in [2.75, 3.05) is 13.2 Å². The highest BCUT2D eigenvalue weighted by Crippen LogP contribution is 2.47. The Morgan fingerprint density at radius 3 is 2.57 bits per heavy atom. The topological polar surface area (TPSA) is 67.6 Å². The van der Waals surface area contributed by atoms with Crippen LogP contribution in [0.3, 0.4) is 0 Å². The molecular formula is C24H27N3O3. The molecule has 1 N–H and O–H groups in total. The predicted molar refractivity (Wildman–Crippen MR) is 114 cm³/mol. The first kappa shape index (κ1) is 19.3. The fourth-order valence-corrected chi connectivity index (χ4v) is 4.27. The molecule has 1 amide bonds. The zero-order valence-corrected chi connectivity index (χ0v) is 17.3. The maximum Gasteiger partial charge on any atom is 0.277 e. The van der Waals surface area contributed by atoms with E-state index in [1.54, 1.807) is 12.1 Å². The number of para-hydroxylation sites is 2. The van der Waals surface area contributed by atoms with Crippen LogP contribution in [0.1, 0.15) is 54.4 Å². The summed E-state index contributed by atoms with van der Waals surface area (Å²) in [7, 11) is 0. The van der Waals surface area contributed by atoms with Crippen molar-refractivity contribution in [2.24, 2.45) is 0 Å². The van der Waals surface area contributed by atoms with Crippen molar-refractivity contribution in [3.05, 3.63) is 65.5 Å². The summed E-state index contributed by atoms with van der Waals surface area (Å²) >= 11 is 0. The summed E-state index contributed by atoms with van der Waals surface area (Å²) in [5.41, 5.74) is 3.94. The second-order valence-corrected chi connectivity index (χ2v) is 8.76. The summed E-state index contributed by atoms with van der Waals surface area (Å²) in [5.74, 6) is 0.789. The molecule has 6 nitrogen and oxygen atoms in total. The molecule has 3 aromatic rings. The summed E-state index contributed by atoms with van der Waals surface area (Å²) < 4.78 is 7.62. The van der Waals surface area contributed by atoms with Gasteiger partial charge in [0.1, 0.15) is 5.82 Å². The maximum absolute atomic E-state index is 12.7. The third kappa shape index (κ3) is 3.50. The van der Waals surface area contributed by atoms with E-state index in [0.29, 0.717) is 38.2 Å². The Hall–Kier alpha value is -2.70. The van der Waals surface area contributed by atoms with Gasteiger partial charge in [-0.15, -0.1) is 0 Å². The zero-order chi connectivity index (χ0) is 20.7. The van der Waals surface area contributed by atoms with Crippen molar-refractivity contribution in [2.45, 2.75) is 50.6 Å². The van der Waals surface area contributed by atoms with E-state index in [2.05, 4.69) is 23.6 Å². The third-order valence-electron chi connectivity index (χ3n) is 6.48. The number of carbonyl (C=O) groups is 1. The van der Waals surface area contributed by atoms with Gasteiger partial charge in [0.2, 0.25) is 0 Å². The summed E-state index contributed by atoms with van der Waals surface area (Å²) in [6.07, 6.45) is 3.66. The molecule has 1 aliphatic heterocycles. The maximum atomic E-state index is 12.7. The average molecular weight is 405 g/mol. The summed E-state index contributed by atoms with van der Waals surface area (Å²) in [4.78, 5) is 17.6. The number of imidazole rings is 1. The van der Waals surface area contributed by atoms with Crippen molar-refractivity contribution < 1.29 is 14.7 Å². The summed E-state index contributed by atoms with van der Waals surface area (Å²) in [6, 6.07) is 15.6. The minimum absolute atomic E-state index is 0.163. The van der Waals surface area contributed by atoms with Gasteiger partial charge in [-0.3, -0.25) is 10.0 Å². The molecule has 1 saturated carbocycles. The van der Waals surface area contributed by atoms with Crippen molar-refractivity contribution in [1.29, 1.82) is 0 Å². The number of nitrogens with zero attached hydrogens (tertiary/aromatic N) is 3. The molecule has 2 aliphatic rings.